The first-order valence-electron chi connectivity index (χ1n) is 6.91. The van der Waals surface area contributed by atoms with E-state index in [1.807, 2.05) is 13.8 Å². The third kappa shape index (κ3) is 2.95. The molecule has 4 nitrogen and oxygen atoms in total. The number of halogens is 1. The summed E-state index contributed by atoms with van der Waals surface area (Å²) in [6.45, 7) is 4.31. The molecule has 1 unspecified atom stereocenters. The highest BCUT2D eigenvalue weighted by atomic mass is 35.5. The molecule has 20 heavy (non-hydrogen) atoms. The van der Waals surface area contributed by atoms with E-state index < -0.39 is 10.0 Å². The van der Waals surface area contributed by atoms with Crippen molar-refractivity contribution < 1.29 is 8.42 Å². The molecule has 6 heteroatoms. The summed E-state index contributed by atoms with van der Waals surface area (Å²) < 4.78 is 27.2. The lowest BCUT2D eigenvalue weighted by Gasteiger charge is -2.27. The van der Waals surface area contributed by atoms with E-state index in [0.717, 1.165) is 31.2 Å². The molecule has 0 amide bonds. The highest BCUT2D eigenvalue weighted by Gasteiger charge is 2.31. The molecular weight excluding hydrogens is 296 g/mol. The lowest BCUT2D eigenvalue weighted by molar-refractivity contribution is 0.342. The lowest BCUT2D eigenvalue weighted by atomic mass is 10.1. The van der Waals surface area contributed by atoms with E-state index in [-0.39, 0.29) is 16.0 Å². The average molecular weight is 317 g/mol. The maximum Gasteiger partial charge on any atom is 0.244 e. The van der Waals surface area contributed by atoms with Gasteiger partial charge in [-0.2, -0.15) is 4.31 Å². The molecule has 0 aliphatic carbocycles. The van der Waals surface area contributed by atoms with E-state index in [9.17, 15) is 8.42 Å². The van der Waals surface area contributed by atoms with Crippen molar-refractivity contribution in [3.63, 3.8) is 0 Å². The zero-order valence-corrected chi connectivity index (χ0v) is 13.5. The Bertz CT molecular complexity index is 601. The van der Waals surface area contributed by atoms with Gasteiger partial charge in [0.15, 0.2) is 0 Å². The summed E-state index contributed by atoms with van der Waals surface area (Å²) in [6, 6.07) is 3.10. The Morgan fingerprint density at radius 1 is 1.30 bits per heavy atom. The molecule has 1 aliphatic rings. The number of aryl methyl sites for hydroxylation is 1. The van der Waals surface area contributed by atoms with Crippen LogP contribution in [0.25, 0.3) is 0 Å². The van der Waals surface area contributed by atoms with Crippen LogP contribution in [0.4, 0.5) is 5.69 Å². The van der Waals surface area contributed by atoms with E-state index >= 15 is 0 Å². The van der Waals surface area contributed by atoms with Crippen LogP contribution in [0.5, 0.6) is 0 Å². The highest BCUT2D eigenvalue weighted by molar-refractivity contribution is 7.89. The van der Waals surface area contributed by atoms with Gasteiger partial charge in [0, 0.05) is 18.3 Å². The Hall–Kier alpha value is -0.780. The van der Waals surface area contributed by atoms with Crippen LogP contribution in [-0.2, 0) is 10.0 Å². The molecule has 0 bridgehead atoms. The Morgan fingerprint density at radius 2 is 2.00 bits per heavy atom. The van der Waals surface area contributed by atoms with Gasteiger partial charge in [-0.05, 0) is 44.4 Å². The number of nitrogens with zero attached hydrogens (tertiary/aromatic N) is 1. The minimum atomic E-state index is -3.58. The molecule has 0 spiro atoms. The van der Waals surface area contributed by atoms with Gasteiger partial charge in [-0.3, -0.25) is 0 Å². The fourth-order valence-corrected chi connectivity index (χ4v) is 4.89. The largest absolute Gasteiger partial charge is 0.398 e. The molecule has 1 fully saturated rings. The summed E-state index contributed by atoms with van der Waals surface area (Å²) in [4.78, 5) is 0.121. The van der Waals surface area contributed by atoms with E-state index in [0.29, 0.717) is 12.2 Å². The smallest absolute Gasteiger partial charge is 0.244 e. The Labute approximate surface area is 126 Å². The number of benzene rings is 1. The van der Waals surface area contributed by atoms with Crippen molar-refractivity contribution in [3.05, 3.63) is 22.7 Å². The summed E-state index contributed by atoms with van der Waals surface area (Å²) in [5.74, 6) is 0. The van der Waals surface area contributed by atoms with Crippen molar-refractivity contribution in [2.75, 3.05) is 12.3 Å². The van der Waals surface area contributed by atoms with Crippen LogP contribution < -0.4 is 5.73 Å². The van der Waals surface area contributed by atoms with Crippen molar-refractivity contribution in [1.82, 2.24) is 4.31 Å². The maximum atomic E-state index is 12.8. The van der Waals surface area contributed by atoms with Gasteiger partial charge in [-0.15, -0.1) is 0 Å². The maximum absolute atomic E-state index is 12.8. The number of anilines is 1. The van der Waals surface area contributed by atoms with Gasteiger partial charge >= 0.3 is 0 Å². The Balaban J connectivity index is 2.46. The normalized spacial score (nSPS) is 21.6. The van der Waals surface area contributed by atoms with E-state index in [1.54, 1.807) is 10.4 Å². The molecular formula is C14H21ClN2O2S. The van der Waals surface area contributed by atoms with Gasteiger partial charge in [-0.1, -0.05) is 24.4 Å². The first kappa shape index (κ1) is 15.6. The van der Waals surface area contributed by atoms with Crippen LogP contribution in [0.1, 0.15) is 38.2 Å². The van der Waals surface area contributed by atoms with Gasteiger partial charge in [0.25, 0.3) is 0 Å². The third-order valence-corrected chi connectivity index (χ3v) is 6.38. The summed E-state index contributed by atoms with van der Waals surface area (Å²) in [6.07, 6.45) is 3.91. The molecule has 112 valence electrons. The second-order valence-corrected chi connectivity index (χ2v) is 7.72. The molecule has 1 aliphatic heterocycles. The van der Waals surface area contributed by atoms with Crippen molar-refractivity contribution in [2.45, 2.75) is 50.5 Å². The average Bonchev–Trinajstić information content (AvgIpc) is 2.58. The van der Waals surface area contributed by atoms with Crippen molar-refractivity contribution >= 4 is 27.3 Å². The van der Waals surface area contributed by atoms with Crippen LogP contribution in [0.3, 0.4) is 0 Å². The molecule has 1 aromatic rings. The zero-order valence-electron chi connectivity index (χ0n) is 11.9. The van der Waals surface area contributed by atoms with Crippen LogP contribution in [0, 0.1) is 6.92 Å². The standard InChI is InChI=1S/C14H21ClN2O2S/c1-10-8-12(15)14(9-13(10)16)20(18,19)17-7-5-3-4-6-11(17)2/h8-9,11H,3-7,16H2,1-2H3. The first-order chi connectivity index (χ1) is 9.34. The minimum Gasteiger partial charge on any atom is -0.398 e. The second-order valence-electron chi connectivity index (χ2n) is 5.45. The van der Waals surface area contributed by atoms with Gasteiger partial charge in [0.2, 0.25) is 10.0 Å². The summed E-state index contributed by atoms with van der Waals surface area (Å²) in [7, 11) is -3.58. The summed E-state index contributed by atoms with van der Waals surface area (Å²) >= 11 is 6.13. The first-order valence-corrected chi connectivity index (χ1v) is 8.73. The van der Waals surface area contributed by atoms with Gasteiger partial charge in [-0.25, -0.2) is 8.42 Å². The van der Waals surface area contributed by atoms with Crippen LogP contribution in [-0.4, -0.2) is 25.3 Å². The fourth-order valence-electron chi connectivity index (χ4n) is 2.60. The molecule has 2 N–H and O–H groups in total. The van der Waals surface area contributed by atoms with Gasteiger partial charge < -0.3 is 5.73 Å². The van der Waals surface area contributed by atoms with Crippen LogP contribution >= 0.6 is 11.6 Å². The Morgan fingerprint density at radius 3 is 2.70 bits per heavy atom. The van der Waals surface area contributed by atoms with Gasteiger partial charge in [0.05, 0.1) is 5.02 Å². The molecule has 0 saturated carbocycles. The number of nitrogens with two attached hydrogens (primary N) is 1. The van der Waals surface area contributed by atoms with Crippen LogP contribution in [0.2, 0.25) is 5.02 Å². The minimum absolute atomic E-state index is 0.00101. The SMILES string of the molecule is Cc1cc(Cl)c(S(=O)(=O)N2CCCCCC2C)cc1N. The predicted octanol–water partition coefficient (Wildman–Crippen LogP) is 3.18. The van der Waals surface area contributed by atoms with Crippen LogP contribution in [0.15, 0.2) is 17.0 Å². The van der Waals surface area contributed by atoms with E-state index in [4.69, 9.17) is 17.3 Å². The quantitative estimate of drug-likeness (QED) is 0.852. The number of hydrogen-bond acceptors (Lipinski definition) is 3. The molecule has 0 radical (unpaired) electrons. The third-order valence-electron chi connectivity index (χ3n) is 3.90. The monoisotopic (exact) mass is 316 g/mol. The van der Waals surface area contributed by atoms with E-state index in [2.05, 4.69) is 0 Å². The number of hydrogen-bond donors (Lipinski definition) is 1. The zero-order chi connectivity index (χ0) is 14.9. The van der Waals surface area contributed by atoms with E-state index in [1.165, 1.54) is 6.07 Å². The summed E-state index contributed by atoms with van der Waals surface area (Å²) in [5, 5.41) is 0.244. The number of nitrogen functional groups attached to an aromatic ring is 1. The second kappa shape index (κ2) is 5.92. The van der Waals surface area contributed by atoms with Crippen molar-refractivity contribution in [3.8, 4) is 0 Å². The lowest BCUT2D eigenvalue weighted by Crippen LogP contribution is -2.38. The van der Waals surface area contributed by atoms with Crippen molar-refractivity contribution in [2.24, 2.45) is 0 Å². The topological polar surface area (TPSA) is 63.4 Å². The summed E-state index contributed by atoms with van der Waals surface area (Å²) in [5.41, 5.74) is 7.08. The number of sulfonamides is 1. The molecule has 1 saturated heterocycles. The predicted molar refractivity (Wildman–Crippen MR) is 82.4 cm³/mol. The number of rotatable bonds is 2. The molecule has 0 aromatic heterocycles. The molecule has 1 aromatic carbocycles. The molecule has 2 rings (SSSR count). The highest BCUT2D eigenvalue weighted by Crippen LogP contribution is 2.31. The fraction of sp³-hybridized carbons (Fsp3) is 0.571. The van der Waals surface area contributed by atoms with Gasteiger partial charge in [0.1, 0.15) is 4.90 Å². The molecule has 1 atom stereocenters. The Kier molecular flexibility index (Phi) is 4.62. The molecule has 1 heterocycles. The van der Waals surface area contributed by atoms with Crippen molar-refractivity contribution in [1.29, 1.82) is 0 Å².